The Labute approximate surface area is 158 Å². The van der Waals surface area contributed by atoms with Crippen LogP contribution in [0.3, 0.4) is 0 Å². The molecule has 0 aliphatic rings. The smallest absolute Gasteiger partial charge is 0.537 e. The van der Waals surface area contributed by atoms with E-state index in [-0.39, 0.29) is 0 Å². The zero-order chi connectivity index (χ0) is 18.5. The Morgan fingerprint density at radius 1 is 0.630 bits per heavy atom. The zero-order valence-electron chi connectivity index (χ0n) is 14.5. The van der Waals surface area contributed by atoms with Gasteiger partial charge in [0.1, 0.15) is 5.75 Å². The van der Waals surface area contributed by atoms with Gasteiger partial charge in [-0.15, -0.1) is 0 Å². The third-order valence-electron chi connectivity index (χ3n) is 4.17. The van der Waals surface area contributed by atoms with E-state index >= 15 is 0 Å². The minimum absolute atomic E-state index is 0.557. The van der Waals surface area contributed by atoms with Crippen LogP contribution in [0.2, 0.25) is 0 Å². The fraction of sp³-hybridized carbons (Fsp3) is 0. The SMILES string of the molecule is O[B]Oc1ccc(-c2cc(-c3ccccc3)nc(-c3ccccc3)n2)cc1. The van der Waals surface area contributed by atoms with Crippen molar-refractivity contribution >= 4 is 7.69 Å². The Morgan fingerprint density at radius 3 is 1.70 bits per heavy atom. The lowest BCUT2D eigenvalue weighted by Gasteiger charge is -2.10. The van der Waals surface area contributed by atoms with Crippen LogP contribution in [0.25, 0.3) is 33.9 Å². The lowest BCUT2D eigenvalue weighted by atomic mass is 10.1. The predicted octanol–water partition coefficient (Wildman–Crippen LogP) is 4.38. The number of benzene rings is 3. The highest BCUT2D eigenvalue weighted by Gasteiger charge is 2.10. The molecule has 5 heteroatoms. The molecule has 0 spiro atoms. The fourth-order valence-electron chi connectivity index (χ4n) is 2.83. The summed E-state index contributed by atoms with van der Waals surface area (Å²) >= 11 is 0. The number of hydrogen-bond donors (Lipinski definition) is 1. The van der Waals surface area contributed by atoms with Gasteiger partial charge in [0.2, 0.25) is 0 Å². The second kappa shape index (κ2) is 7.85. The van der Waals surface area contributed by atoms with Crippen molar-refractivity contribution in [3.8, 4) is 39.7 Å². The zero-order valence-corrected chi connectivity index (χ0v) is 14.5. The molecule has 27 heavy (non-hydrogen) atoms. The van der Waals surface area contributed by atoms with Gasteiger partial charge >= 0.3 is 7.69 Å². The molecule has 0 saturated carbocycles. The second-order valence-corrected chi connectivity index (χ2v) is 5.94. The molecular formula is C22H16BN2O2. The van der Waals surface area contributed by atoms with E-state index in [1.54, 1.807) is 12.1 Å². The minimum Gasteiger partial charge on any atom is -0.537 e. The highest BCUT2D eigenvalue weighted by atomic mass is 16.5. The fourth-order valence-corrected chi connectivity index (χ4v) is 2.83. The molecule has 0 bridgehead atoms. The van der Waals surface area contributed by atoms with Crippen molar-refractivity contribution < 1.29 is 9.68 Å². The van der Waals surface area contributed by atoms with Crippen LogP contribution in [0, 0.1) is 0 Å². The highest BCUT2D eigenvalue weighted by Crippen LogP contribution is 2.28. The van der Waals surface area contributed by atoms with Crippen molar-refractivity contribution in [3.63, 3.8) is 0 Å². The van der Waals surface area contributed by atoms with Gasteiger partial charge in [-0.1, -0.05) is 60.7 Å². The molecule has 1 N–H and O–H groups in total. The normalized spacial score (nSPS) is 10.4. The molecule has 0 aliphatic carbocycles. The highest BCUT2D eigenvalue weighted by molar-refractivity contribution is 6.17. The molecule has 1 aromatic heterocycles. The monoisotopic (exact) mass is 351 g/mol. The van der Waals surface area contributed by atoms with E-state index in [1.165, 1.54) is 0 Å². The minimum atomic E-state index is 0.557. The third kappa shape index (κ3) is 3.88. The van der Waals surface area contributed by atoms with Gasteiger partial charge in [0.05, 0.1) is 11.4 Å². The van der Waals surface area contributed by atoms with Crippen molar-refractivity contribution in [2.45, 2.75) is 0 Å². The van der Waals surface area contributed by atoms with E-state index in [4.69, 9.17) is 19.6 Å². The maximum atomic E-state index is 8.76. The van der Waals surface area contributed by atoms with Gasteiger partial charge in [0.15, 0.2) is 5.82 Å². The van der Waals surface area contributed by atoms with E-state index in [2.05, 4.69) is 0 Å². The Morgan fingerprint density at radius 2 is 1.15 bits per heavy atom. The lowest BCUT2D eigenvalue weighted by Crippen LogP contribution is -1.99. The van der Waals surface area contributed by atoms with E-state index in [0.717, 1.165) is 28.1 Å². The van der Waals surface area contributed by atoms with Crippen molar-refractivity contribution in [1.29, 1.82) is 0 Å². The number of nitrogens with zero attached hydrogens (tertiary/aromatic N) is 2. The summed E-state index contributed by atoms with van der Waals surface area (Å²) in [6.45, 7) is 0. The van der Waals surface area contributed by atoms with E-state index in [0.29, 0.717) is 19.3 Å². The third-order valence-corrected chi connectivity index (χ3v) is 4.17. The summed E-state index contributed by atoms with van der Waals surface area (Å²) in [6.07, 6.45) is 0. The van der Waals surface area contributed by atoms with Crippen molar-refractivity contribution in [2.75, 3.05) is 0 Å². The summed E-state index contributed by atoms with van der Waals surface area (Å²) in [4.78, 5) is 9.54. The summed E-state index contributed by atoms with van der Waals surface area (Å²) in [5.41, 5.74) is 4.63. The molecular weight excluding hydrogens is 335 g/mol. The van der Waals surface area contributed by atoms with Gasteiger partial charge in [0, 0.05) is 16.7 Å². The van der Waals surface area contributed by atoms with E-state index in [1.807, 2.05) is 78.9 Å². The average molecular weight is 351 g/mol. The summed E-state index contributed by atoms with van der Waals surface area (Å²) in [5.74, 6) is 1.23. The standard InChI is InChI=1S/C22H16BN2O2/c26-23-27-19-13-11-17(12-14-19)21-15-20(16-7-3-1-4-8-16)24-22(25-21)18-9-5-2-6-10-18/h1-15,26H. The first-order valence-corrected chi connectivity index (χ1v) is 8.56. The first-order chi connectivity index (χ1) is 13.3. The number of rotatable bonds is 5. The second-order valence-electron chi connectivity index (χ2n) is 5.94. The van der Waals surface area contributed by atoms with Gasteiger partial charge in [-0.25, -0.2) is 9.97 Å². The van der Waals surface area contributed by atoms with Crippen molar-refractivity contribution in [2.24, 2.45) is 0 Å². The van der Waals surface area contributed by atoms with Crippen molar-refractivity contribution in [1.82, 2.24) is 9.97 Å². The summed E-state index contributed by atoms with van der Waals surface area (Å²) in [6, 6.07) is 29.4. The van der Waals surface area contributed by atoms with Gasteiger partial charge in [0.25, 0.3) is 0 Å². The molecule has 1 heterocycles. The van der Waals surface area contributed by atoms with E-state index < -0.39 is 0 Å². The van der Waals surface area contributed by atoms with E-state index in [9.17, 15) is 0 Å². The predicted molar refractivity (Wildman–Crippen MR) is 107 cm³/mol. The van der Waals surface area contributed by atoms with Gasteiger partial charge in [-0.05, 0) is 30.3 Å². The van der Waals surface area contributed by atoms with Gasteiger partial charge < -0.3 is 9.68 Å². The molecule has 0 amide bonds. The van der Waals surface area contributed by atoms with Crippen LogP contribution in [0.4, 0.5) is 0 Å². The summed E-state index contributed by atoms with van der Waals surface area (Å²) in [7, 11) is 0.667. The molecule has 0 fully saturated rings. The molecule has 0 unspecified atom stereocenters. The summed E-state index contributed by atoms with van der Waals surface area (Å²) in [5, 5.41) is 8.76. The largest absolute Gasteiger partial charge is 0.569 e. The van der Waals surface area contributed by atoms with Crippen LogP contribution in [-0.2, 0) is 0 Å². The molecule has 129 valence electrons. The average Bonchev–Trinajstić information content (AvgIpc) is 2.75. The quantitative estimate of drug-likeness (QED) is 0.542. The molecule has 3 aromatic carbocycles. The van der Waals surface area contributed by atoms with Crippen LogP contribution in [0.5, 0.6) is 5.75 Å². The number of hydrogen-bond acceptors (Lipinski definition) is 4. The Bertz CT molecular complexity index is 965. The molecule has 4 aromatic rings. The maximum absolute atomic E-state index is 8.76. The maximum Gasteiger partial charge on any atom is 0.569 e. The summed E-state index contributed by atoms with van der Waals surface area (Å²) < 4.78 is 4.98. The first kappa shape index (κ1) is 17.0. The topological polar surface area (TPSA) is 55.2 Å². The lowest BCUT2D eigenvalue weighted by molar-refractivity contribution is 0.454. The van der Waals surface area contributed by atoms with Crippen LogP contribution < -0.4 is 4.65 Å². The first-order valence-electron chi connectivity index (χ1n) is 8.56. The van der Waals surface area contributed by atoms with Gasteiger partial charge in [-0.2, -0.15) is 0 Å². The van der Waals surface area contributed by atoms with Gasteiger partial charge in [-0.3, -0.25) is 0 Å². The Hall–Kier alpha value is -3.44. The van der Waals surface area contributed by atoms with Crippen LogP contribution in [-0.4, -0.2) is 22.7 Å². The van der Waals surface area contributed by atoms with Crippen LogP contribution in [0.1, 0.15) is 0 Å². The molecule has 0 aliphatic heterocycles. The molecule has 0 saturated heterocycles. The van der Waals surface area contributed by atoms with Crippen LogP contribution in [0.15, 0.2) is 91.0 Å². The molecule has 4 rings (SSSR count). The molecule has 0 atom stereocenters. The number of aromatic nitrogens is 2. The molecule has 1 radical (unpaired) electrons. The van der Waals surface area contributed by atoms with Crippen LogP contribution >= 0.6 is 0 Å². The Balaban J connectivity index is 1.83. The van der Waals surface area contributed by atoms with Crippen molar-refractivity contribution in [3.05, 3.63) is 91.0 Å². The Kier molecular flexibility index (Phi) is 4.94. The molecule has 4 nitrogen and oxygen atoms in total.